The lowest BCUT2D eigenvalue weighted by Gasteiger charge is -2.16. The standard InChI is InChI=1S/C14H22BrFN2/c1-2-3-4-5-6-12(18-17)9-11-7-8-14(16)13(15)10-11/h7-8,10,12,18H,2-6,9,17H2,1H3. The van der Waals surface area contributed by atoms with E-state index < -0.39 is 0 Å². The van der Waals surface area contributed by atoms with Crippen LogP contribution in [0.4, 0.5) is 4.39 Å². The Bertz CT molecular complexity index is 358. The van der Waals surface area contributed by atoms with Gasteiger partial charge in [-0.15, -0.1) is 0 Å². The van der Waals surface area contributed by atoms with Crippen molar-refractivity contribution in [3.63, 3.8) is 0 Å². The molecule has 4 heteroatoms. The van der Waals surface area contributed by atoms with Gasteiger partial charge in [-0.05, 0) is 46.5 Å². The second-order valence-electron chi connectivity index (χ2n) is 4.67. The highest BCUT2D eigenvalue weighted by Gasteiger charge is 2.09. The van der Waals surface area contributed by atoms with E-state index in [-0.39, 0.29) is 11.9 Å². The highest BCUT2D eigenvalue weighted by Crippen LogP contribution is 2.18. The third-order valence-electron chi connectivity index (χ3n) is 3.11. The lowest BCUT2D eigenvalue weighted by molar-refractivity contribution is 0.462. The van der Waals surface area contributed by atoms with Crippen LogP contribution >= 0.6 is 15.9 Å². The van der Waals surface area contributed by atoms with Gasteiger partial charge in [0, 0.05) is 6.04 Å². The third kappa shape index (κ3) is 5.46. The first-order valence-electron chi connectivity index (χ1n) is 6.57. The van der Waals surface area contributed by atoms with Crippen molar-refractivity contribution < 1.29 is 4.39 Å². The van der Waals surface area contributed by atoms with Gasteiger partial charge in [0.25, 0.3) is 0 Å². The van der Waals surface area contributed by atoms with Gasteiger partial charge in [0.05, 0.1) is 4.47 Å². The van der Waals surface area contributed by atoms with Gasteiger partial charge in [0.1, 0.15) is 5.82 Å². The fraction of sp³-hybridized carbons (Fsp3) is 0.571. The molecule has 1 aromatic rings. The quantitative estimate of drug-likeness (QED) is 0.433. The van der Waals surface area contributed by atoms with Crippen LogP contribution in [0.25, 0.3) is 0 Å². The maximum absolute atomic E-state index is 13.1. The Hall–Kier alpha value is -0.450. The normalized spacial score (nSPS) is 12.7. The molecule has 0 aliphatic carbocycles. The topological polar surface area (TPSA) is 38.0 Å². The molecular weight excluding hydrogens is 295 g/mol. The summed E-state index contributed by atoms with van der Waals surface area (Å²) in [6.07, 6.45) is 6.85. The van der Waals surface area contributed by atoms with Crippen LogP contribution in [-0.4, -0.2) is 6.04 Å². The summed E-state index contributed by atoms with van der Waals surface area (Å²) in [6, 6.07) is 5.39. The van der Waals surface area contributed by atoms with Crippen molar-refractivity contribution in [3.05, 3.63) is 34.1 Å². The minimum absolute atomic E-state index is 0.223. The van der Waals surface area contributed by atoms with E-state index in [4.69, 9.17) is 5.84 Å². The zero-order chi connectivity index (χ0) is 13.4. The van der Waals surface area contributed by atoms with Crippen LogP contribution in [0.2, 0.25) is 0 Å². The fourth-order valence-electron chi connectivity index (χ4n) is 2.01. The number of hydrogen-bond acceptors (Lipinski definition) is 2. The van der Waals surface area contributed by atoms with Gasteiger partial charge in [-0.1, -0.05) is 38.7 Å². The van der Waals surface area contributed by atoms with E-state index in [1.807, 2.05) is 12.1 Å². The summed E-state index contributed by atoms with van der Waals surface area (Å²) >= 11 is 3.20. The first-order valence-corrected chi connectivity index (χ1v) is 7.36. The number of halogens is 2. The molecule has 0 radical (unpaired) electrons. The van der Waals surface area contributed by atoms with Crippen molar-refractivity contribution in [2.45, 2.75) is 51.5 Å². The third-order valence-corrected chi connectivity index (χ3v) is 3.72. The molecule has 2 nitrogen and oxygen atoms in total. The molecule has 0 amide bonds. The summed E-state index contributed by atoms with van der Waals surface area (Å²) in [6.45, 7) is 2.20. The number of nitrogens with one attached hydrogen (secondary N) is 1. The molecule has 1 rings (SSSR count). The van der Waals surface area contributed by atoms with Crippen molar-refractivity contribution in [1.82, 2.24) is 5.43 Å². The SMILES string of the molecule is CCCCCCC(Cc1ccc(F)c(Br)c1)NN. The van der Waals surface area contributed by atoms with Crippen LogP contribution in [-0.2, 0) is 6.42 Å². The van der Waals surface area contributed by atoms with Gasteiger partial charge in [-0.25, -0.2) is 4.39 Å². The number of nitrogens with two attached hydrogens (primary N) is 1. The molecule has 3 N–H and O–H groups in total. The van der Waals surface area contributed by atoms with Gasteiger partial charge in [0.15, 0.2) is 0 Å². The van der Waals surface area contributed by atoms with Crippen LogP contribution in [0.3, 0.4) is 0 Å². The van der Waals surface area contributed by atoms with Crippen molar-refractivity contribution in [2.75, 3.05) is 0 Å². The largest absolute Gasteiger partial charge is 0.271 e. The van der Waals surface area contributed by atoms with Crippen molar-refractivity contribution >= 4 is 15.9 Å². The second-order valence-corrected chi connectivity index (χ2v) is 5.52. The lowest BCUT2D eigenvalue weighted by Crippen LogP contribution is -2.36. The van der Waals surface area contributed by atoms with Crippen molar-refractivity contribution in [1.29, 1.82) is 0 Å². The lowest BCUT2D eigenvalue weighted by atomic mass is 10.0. The second kappa shape index (κ2) is 8.62. The molecule has 0 spiro atoms. The number of hydrazine groups is 1. The molecule has 0 fully saturated rings. The average Bonchev–Trinajstić information content (AvgIpc) is 2.37. The Morgan fingerprint density at radius 3 is 2.72 bits per heavy atom. The summed E-state index contributed by atoms with van der Waals surface area (Å²) in [5.74, 6) is 5.34. The molecule has 102 valence electrons. The van der Waals surface area contributed by atoms with E-state index in [0.717, 1.165) is 18.4 Å². The van der Waals surface area contributed by atoms with E-state index in [1.165, 1.54) is 31.7 Å². The van der Waals surface area contributed by atoms with Crippen LogP contribution in [0.1, 0.15) is 44.6 Å². The van der Waals surface area contributed by atoms with Gasteiger partial charge in [-0.2, -0.15) is 0 Å². The number of unbranched alkanes of at least 4 members (excludes halogenated alkanes) is 3. The maximum atomic E-state index is 13.1. The summed E-state index contributed by atoms with van der Waals surface area (Å²) in [7, 11) is 0. The first kappa shape index (κ1) is 15.6. The summed E-state index contributed by atoms with van der Waals surface area (Å²) in [5.41, 5.74) is 3.95. The Morgan fingerprint density at radius 2 is 2.11 bits per heavy atom. The van der Waals surface area contributed by atoms with E-state index in [1.54, 1.807) is 0 Å². The molecule has 18 heavy (non-hydrogen) atoms. The number of rotatable bonds is 8. The van der Waals surface area contributed by atoms with Crippen LogP contribution in [0, 0.1) is 5.82 Å². The minimum atomic E-state index is -0.223. The van der Waals surface area contributed by atoms with Gasteiger partial charge < -0.3 is 0 Å². The number of hydrogen-bond donors (Lipinski definition) is 2. The van der Waals surface area contributed by atoms with Gasteiger partial charge in [-0.3, -0.25) is 11.3 Å². The molecule has 0 aliphatic heterocycles. The monoisotopic (exact) mass is 316 g/mol. The van der Waals surface area contributed by atoms with Gasteiger partial charge in [0.2, 0.25) is 0 Å². The predicted molar refractivity (Wildman–Crippen MR) is 77.7 cm³/mol. The molecule has 0 heterocycles. The smallest absolute Gasteiger partial charge is 0.137 e. The van der Waals surface area contributed by atoms with E-state index in [0.29, 0.717) is 4.47 Å². The van der Waals surface area contributed by atoms with Crippen molar-refractivity contribution in [2.24, 2.45) is 5.84 Å². The summed E-state index contributed by atoms with van der Waals surface area (Å²) in [5, 5.41) is 0. The summed E-state index contributed by atoms with van der Waals surface area (Å²) < 4.78 is 13.6. The first-order chi connectivity index (χ1) is 8.67. The molecule has 0 saturated carbocycles. The molecule has 1 aromatic carbocycles. The molecule has 0 bridgehead atoms. The van der Waals surface area contributed by atoms with Crippen LogP contribution in [0.5, 0.6) is 0 Å². The average molecular weight is 317 g/mol. The van der Waals surface area contributed by atoms with Crippen LogP contribution in [0.15, 0.2) is 22.7 Å². The van der Waals surface area contributed by atoms with E-state index in [2.05, 4.69) is 28.3 Å². The molecule has 0 aliphatic rings. The summed E-state index contributed by atoms with van der Waals surface area (Å²) in [4.78, 5) is 0. The molecule has 1 atom stereocenters. The Morgan fingerprint density at radius 1 is 1.33 bits per heavy atom. The number of benzene rings is 1. The highest BCUT2D eigenvalue weighted by atomic mass is 79.9. The van der Waals surface area contributed by atoms with E-state index in [9.17, 15) is 4.39 Å². The zero-order valence-electron chi connectivity index (χ0n) is 10.9. The zero-order valence-corrected chi connectivity index (χ0v) is 12.5. The Kier molecular flexibility index (Phi) is 7.47. The maximum Gasteiger partial charge on any atom is 0.137 e. The van der Waals surface area contributed by atoms with E-state index >= 15 is 0 Å². The molecule has 0 aromatic heterocycles. The van der Waals surface area contributed by atoms with Crippen molar-refractivity contribution in [3.8, 4) is 0 Å². The van der Waals surface area contributed by atoms with Gasteiger partial charge >= 0.3 is 0 Å². The molecule has 0 saturated heterocycles. The molecular formula is C14H22BrFN2. The minimum Gasteiger partial charge on any atom is -0.271 e. The highest BCUT2D eigenvalue weighted by molar-refractivity contribution is 9.10. The fourth-order valence-corrected chi connectivity index (χ4v) is 2.44. The van der Waals surface area contributed by atoms with Crippen LogP contribution < -0.4 is 11.3 Å². The Labute approximate surface area is 117 Å². The predicted octanol–water partition coefficient (Wildman–Crippen LogP) is 3.93. The molecule has 1 unspecified atom stereocenters. The Balaban J connectivity index is 2.44.